The van der Waals surface area contributed by atoms with Crippen LogP contribution in [0, 0.1) is 12.7 Å². The van der Waals surface area contributed by atoms with Gasteiger partial charge in [-0.1, -0.05) is 0 Å². The highest BCUT2D eigenvalue weighted by atomic mass is 19.1. The molecule has 0 atom stereocenters. The summed E-state index contributed by atoms with van der Waals surface area (Å²) in [7, 11) is 0. The molecule has 0 aliphatic carbocycles. The second kappa shape index (κ2) is 4.26. The Bertz CT molecular complexity index is 502. The molecule has 0 saturated carbocycles. The summed E-state index contributed by atoms with van der Waals surface area (Å²) >= 11 is 0. The molecule has 0 aliphatic heterocycles. The van der Waals surface area contributed by atoms with Crippen LogP contribution in [0.5, 0.6) is 0 Å². The number of halogens is 1. The molecule has 0 N–H and O–H groups in total. The molecule has 0 bridgehead atoms. The second-order valence-corrected chi connectivity index (χ2v) is 3.56. The third-order valence-corrected chi connectivity index (χ3v) is 2.39. The average Bonchev–Trinajstić information content (AvgIpc) is 2.65. The fourth-order valence-electron chi connectivity index (χ4n) is 1.43. The summed E-state index contributed by atoms with van der Waals surface area (Å²) in [6.07, 6.45) is 1.65. The number of aryl methyl sites for hydroxylation is 1. The Balaban J connectivity index is 2.15. The molecule has 2 aromatic rings. The number of carbonyl (C=O) groups excluding carboxylic acids is 1. The van der Waals surface area contributed by atoms with Crippen molar-refractivity contribution < 1.29 is 9.18 Å². The summed E-state index contributed by atoms with van der Waals surface area (Å²) in [5.41, 5.74) is 1.42. The van der Waals surface area contributed by atoms with E-state index >= 15 is 0 Å². The number of rotatable bonds is 3. The SMILES string of the molecule is Cc1ccnn1CC(=O)c1ccc(F)cc1. The number of aromatic nitrogens is 2. The number of benzene rings is 1. The van der Waals surface area contributed by atoms with Crippen molar-refractivity contribution in [3.8, 4) is 0 Å². The van der Waals surface area contributed by atoms with Crippen LogP contribution in [0.25, 0.3) is 0 Å². The standard InChI is InChI=1S/C12H11FN2O/c1-9-6-7-14-15(9)8-12(16)10-2-4-11(13)5-3-10/h2-7H,8H2,1H3. The fourth-order valence-corrected chi connectivity index (χ4v) is 1.43. The minimum atomic E-state index is -0.341. The molecule has 82 valence electrons. The summed E-state index contributed by atoms with van der Waals surface area (Å²) in [5.74, 6) is -0.418. The van der Waals surface area contributed by atoms with E-state index in [4.69, 9.17) is 0 Å². The maximum atomic E-state index is 12.7. The minimum absolute atomic E-state index is 0.0770. The largest absolute Gasteiger partial charge is 0.292 e. The van der Waals surface area contributed by atoms with E-state index in [-0.39, 0.29) is 18.1 Å². The second-order valence-electron chi connectivity index (χ2n) is 3.56. The summed E-state index contributed by atoms with van der Waals surface area (Å²) in [6, 6.07) is 7.36. The van der Waals surface area contributed by atoms with Crippen LogP contribution in [-0.4, -0.2) is 15.6 Å². The van der Waals surface area contributed by atoms with Gasteiger partial charge in [-0.25, -0.2) is 4.39 Å². The molecule has 0 unspecified atom stereocenters. The summed E-state index contributed by atoms with van der Waals surface area (Å²) in [4.78, 5) is 11.8. The number of ketones is 1. The molecule has 0 spiro atoms. The summed E-state index contributed by atoms with van der Waals surface area (Å²) < 4.78 is 14.3. The molecule has 0 aliphatic rings. The lowest BCUT2D eigenvalue weighted by Gasteiger charge is -2.03. The smallest absolute Gasteiger partial charge is 0.184 e. The Labute approximate surface area is 92.5 Å². The molecule has 0 radical (unpaired) electrons. The minimum Gasteiger partial charge on any atom is -0.292 e. The van der Waals surface area contributed by atoms with Crippen molar-refractivity contribution in [1.29, 1.82) is 0 Å². The van der Waals surface area contributed by atoms with Crippen molar-refractivity contribution in [2.75, 3.05) is 0 Å². The first-order valence-corrected chi connectivity index (χ1v) is 4.94. The van der Waals surface area contributed by atoms with Crippen molar-refractivity contribution in [3.63, 3.8) is 0 Å². The Kier molecular flexibility index (Phi) is 2.81. The van der Waals surface area contributed by atoms with E-state index in [1.165, 1.54) is 24.3 Å². The zero-order valence-electron chi connectivity index (χ0n) is 8.85. The zero-order chi connectivity index (χ0) is 11.5. The highest BCUT2D eigenvalue weighted by Gasteiger charge is 2.08. The first kappa shape index (κ1) is 10.5. The van der Waals surface area contributed by atoms with E-state index in [0.717, 1.165) is 5.69 Å². The molecule has 0 amide bonds. The van der Waals surface area contributed by atoms with Crippen molar-refractivity contribution in [2.45, 2.75) is 13.5 Å². The van der Waals surface area contributed by atoms with Crippen LogP contribution in [0.4, 0.5) is 4.39 Å². The van der Waals surface area contributed by atoms with Crippen LogP contribution >= 0.6 is 0 Å². The summed E-state index contributed by atoms with van der Waals surface area (Å²) in [6.45, 7) is 2.06. The zero-order valence-corrected chi connectivity index (χ0v) is 8.85. The molecule has 16 heavy (non-hydrogen) atoms. The van der Waals surface area contributed by atoms with Gasteiger partial charge in [-0.15, -0.1) is 0 Å². The molecule has 1 heterocycles. The lowest BCUT2D eigenvalue weighted by molar-refractivity contribution is 0.0967. The van der Waals surface area contributed by atoms with E-state index in [2.05, 4.69) is 5.10 Å². The first-order valence-electron chi connectivity index (χ1n) is 4.94. The van der Waals surface area contributed by atoms with Crippen LogP contribution < -0.4 is 0 Å². The molecule has 0 saturated heterocycles. The van der Waals surface area contributed by atoms with Gasteiger partial charge in [-0.3, -0.25) is 9.48 Å². The highest BCUT2D eigenvalue weighted by molar-refractivity contribution is 5.95. The molecule has 1 aromatic carbocycles. The van der Waals surface area contributed by atoms with E-state index in [9.17, 15) is 9.18 Å². The first-order chi connectivity index (χ1) is 7.66. The number of carbonyl (C=O) groups is 1. The lowest BCUT2D eigenvalue weighted by atomic mass is 10.1. The molecule has 2 rings (SSSR count). The fraction of sp³-hybridized carbons (Fsp3) is 0.167. The predicted octanol–water partition coefficient (Wildman–Crippen LogP) is 2.21. The number of Topliss-reactive ketones (excluding diaryl/α,β-unsaturated/α-hetero) is 1. The third-order valence-electron chi connectivity index (χ3n) is 2.39. The monoisotopic (exact) mass is 218 g/mol. The highest BCUT2D eigenvalue weighted by Crippen LogP contribution is 2.06. The van der Waals surface area contributed by atoms with Crippen molar-refractivity contribution in [2.24, 2.45) is 0 Å². The van der Waals surface area contributed by atoms with Gasteiger partial charge < -0.3 is 0 Å². The van der Waals surface area contributed by atoms with Gasteiger partial charge >= 0.3 is 0 Å². The average molecular weight is 218 g/mol. The van der Waals surface area contributed by atoms with E-state index < -0.39 is 0 Å². The lowest BCUT2D eigenvalue weighted by Crippen LogP contribution is -2.12. The van der Waals surface area contributed by atoms with Gasteiger partial charge in [-0.05, 0) is 37.3 Å². The quantitative estimate of drug-likeness (QED) is 0.740. The van der Waals surface area contributed by atoms with Crippen LogP contribution in [0.3, 0.4) is 0 Å². The Hall–Kier alpha value is -1.97. The Morgan fingerprint density at radius 2 is 2.00 bits per heavy atom. The van der Waals surface area contributed by atoms with Gasteiger partial charge in [0.1, 0.15) is 12.4 Å². The molecular weight excluding hydrogens is 207 g/mol. The van der Waals surface area contributed by atoms with Crippen LogP contribution in [-0.2, 0) is 6.54 Å². The molecule has 1 aromatic heterocycles. The van der Waals surface area contributed by atoms with E-state index in [1.807, 2.05) is 13.0 Å². The van der Waals surface area contributed by atoms with Gasteiger partial charge in [0.05, 0.1) is 0 Å². The maximum absolute atomic E-state index is 12.7. The van der Waals surface area contributed by atoms with Gasteiger partial charge in [0.15, 0.2) is 5.78 Å². The predicted molar refractivity (Wildman–Crippen MR) is 57.7 cm³/mol. The Morgan fingerprint density at radius 3 is 2.56 bits per heavy atom. The number of hydrogen-bond donors (Lipinski definition) is 0. The van der Waals surface area contributed by atoms with Crippen LogP contribution in [0.2, 0.25) is 0 Å². The third kappa shape index (κ3) is 2.16. The molecule has 0 fully saturated rings. The van der Waals surface area contributed by atoms with Gasteiger partial charge in [-0.2, -0.15) is 5.10 Å². The summed E-state index contributed by atoms with van der Waals surface area (Å²) in [5, 5.41) is 4.02. The Morgan fingerprint density at radius 1 is 1.31 bits per heavy atom. The molecule has 3 nitrogen and oxygen atoms in total. The van der Waals surface area contributed by atoms with Gasteiger partial charge in [0.2, 0.25) is 0 Å². The van der Waals surface area contributed by atoms with Crippen molar-refractivity contribution in [3.05, 3.63) is 53.6 Å². The maximum Gasteiger partial charge on any atom is 0.184 e. The van der Waals surface area contributed by atoms with Crippen molar-refractivity contribution >= 4 is 5.78 Å². The molecule has 4 heteroatoms. The van der Waals surface area contributed by atoms with Gasteiger partial charge in [0, 0.05) is 17.5 Å². The van der Waals surface area contributed by atoms with Crippen LogP contribution in [0.15, 0.2) is 36.5 Å². The van der Waals surface area contributed by atoms with E-state index in [0.29, 0.717) is 5.56 Å². The topological polar surface area (TPSA) is 34.9 Å². The van der Waals surface area contributed by atoms with Crippen molar-refractivity contribution in [1.82, 2.24) is 9.78 Å². The van der Waals surface area contributed by atoms with Gasteiger partial charge in [0.25, 0.3) is 0 Å². The number of nitrogens with zero attached hydrogens (tertiary/aromatic N) is 2. The van der Waals surface area contributed by atoms with Crippen LogP contribution in [0.1, 0.15) is 16.1 Å². The number of hydrogen-bond acceptors (Lipinski definition) is 2. The molecular formula is C12H11FN2O. The van der Waals surface area contributed by atoms with E-state index in [1.54, 1.807) is 10.9 Å². The normalized spacial score (nSPS) is 10.4.